The van der Waals surface area contributed by atoms with Gasteiger partial charge in [0.25, 0.3) is 0 Å². The molecule has 1 saturated carbocycles. The third-order valence-electron chi connectivity index (χ3n) is 4.63. The average molecular weight is 345 g/mol. The van der Waals surface area contributed by atoms with Crippen LogP contribution in [0.5, 0.6) is 0 Å². The molecule has 0 atom stereocenters. The standard InChI is InChI=1S/C13H15O.C9H16O.CH4.H/c1-3-13(14)6-4-5-12-9-7-11(2)8-10-12;1-8(10)9-6-4-2-3-5-7-9;;/h1,3,7-10H,4-6H2,2H3;9H,2-7H2,1H3;1H4;. The summed E-state index contributed by atoms with van der Waals surface area (Å²) in [6.07, 6.45) is 11.0. The number of ketones is 2. The highest BCUT2D eigenvalue weighted by molar-refractivity contribution is 5.88. The van der Waals surface area contributed by atoms with E-state index in [0.29, 0.717) is 18.1 Å². The Morgan fingerprint density at radius 1 is 1.12 bits per heavy atom. The van der Waals surface area contributed by atoms with Crippen molar-refractivity contribution in [2.24, 2.45) is 5.92 Å². The molecule has 25 heavy (non-hydrogen) atoms. The molecular weight excluding hydrogens is 308 g/mol. The van der Waals surface area contributed by atoms with Crippen LogP contribution in [0.15, 0.2) is 30.3 Å². The number of rotatable bonds is 6. The van der Waals surface area contributed by atoms with Gasteiger partial charge in [-0.1, -0.05) is 69.5 Å². The van der Waals surface area contributed by atoms with E-state index in [4.69, 9.17) is 6.58 Å². The van der Waals surface area contributed by atoms with Gasteiger partial charge in [0, 0.05) is 13.8 Å². The third-order valence-corrected chi connectivity index (χ3v) is 4.63. The van der Waals surface area contributed by atoms with Crippen molar-refractivity contribution >= 4 is 11.6 Å². The van der Waals surface area contributed by atoms with Crippen molar-refractivity contribution in [1.82, 2.24) is 0 Å². The summed E-state index contributed by atoms with van der Waals surface area (Å²) in [5.41, 5.74) is 2.54. The van der Waals surface area contributed by atoms with E-state index >= 15 is 0 Å². The first-order valence-corrected chi connectivity index (χ1v) is 9.16. The van der Waals surface area contributed by atoms with Crippen LogP contribution in [-0.2, 0) is 16.0 Å². The maximum Gasteiger partial charge on any atom is 0.155 e. The van der Waals surface area contributed by atoms with Gasteiger partial charge in [0.2, 0.25) is 0 Å². The Labute approximate surface area is 156 Å². The smallest absolute Gasteiger partial charge is 0.155 e. The Balaban J connectivity index is 0. The maximum absolute atomic E-state index is 11.0. The van der Waals surface area contributed by atoms with E-state index in [9.17, 15) is 9.59 Å². The first-order chi connectivity index (χ1) is 11.5. The van der Waals surface area contributed by atoms with Crippen LogP contribution in [0.25, 0.3) is 0 Å². The Hall–Kier alpha value is -1.70. The second kappa shape index (κ2) is 13.6. The number of hydrogen-bond donors (Lipinski definition) is 0. The van der Waals surface area contributed by atoms with E-state index in [-0.39, 0.29) is 14.6 Å². The molecule has 0 aromatic heterocycles. The first-order valence-electron chi connectivity index (χ1n) is 9.16. The maximum atomic E-state index is 11.0. The number of carbonyl (C=O) groups excluding carboxylic acids is 2. The molecule has 0 heterocycles. The van der Waals surface area contributed by atoms with Crippen LogP contribution in [0.3, 0.4) is 0 Å². The third kappa shape index (κ3) is 10.7. The number of carbonyl (C=O) groups is 2. The van der Waals surface area contributed by atoms with E-state index in [1.807, 2.05) is 0 Å². The Morgan fingerprint density at radius 2 is 1.68 bits per heavy atom. The normalized spacial score (nSPS) is 14.3. The van der Waals surface area contributed by atoms with Crippen molar-refractivity contribution in [2.75, 3.05) is 0 Å². The average Bonchev–Trinajstić information content (AvgIpc) is 2.86. The van der Waals surface area contributed by atoms with E-state index in [0.717, 1.165) is 31.8 Å². The summed E-state index contributed by atoms with van der Waals surface area (Å²) in [5, 5.41) is 0. The van der Waals surface area contributed by atoms with Gasteiger partial charge in [-0.05, 0) is 51.2 Å². The molecule has 2 rings (SSSR count). The summed E-state index contributed by atoms with van der Waals surface area (Å²) in [5.74, 6) is 0.835. The van der Waals surface area contributed by atoms with Crippen LogP contribution in [0.1, 0.15) is 78.3 Å². The summed E-state index contributed by atoms with van der Waals surface area (Å²) >= 11 is 0. The van der Waals surface area contributed by atoms with Gasteiger partial charge in [-0.25, -0.2) is 0 Å². The molecule has 1 aromatic carbocycles. The number of benzene rings is 1. The van der Waals surface area contributed by atoms with Gasteiger partial charge >= 0.3 is 0 Å². The Kier molecular flexibility index (Phi) is 12.7. The molecule has 0 saturated heterocycles. The molecule has 0 aliphatic heterocycles. The molecule has 1 fully saturated rings. The zero-order chi connectivity index (χ0) is 17.8. The quantitative estimate of drug-likeness (QED) is 0.457. The predicted octanol–water partition coefficient (Wildman–Crippen LogP) is 6.17. The van der Waals surface area contributed by atoms with Gasteiger partial charge in [-0.2, -0.15) is 0 Å². The molecule has 1 aromatic rings. The summed E-state index contributed by atoms with van der Waals surface area (Å²) in [7, 11) is 0. The van der Waals surface area contributed by atoms with Gasteiger partial charge < -0.3 is 0 Å². The van der Waals surface area contributed by atoms with Crippen molar-refractivity contribution in [3.8, 4) is 0 Å². The van der Waals surface area contributed by atoms with Gasteiger partial charge in [-0.15, -0.1) is 0 Å². The second-order valence-corrected chi connectivity index (χ2v) is 6.77. The molecule has 0 spiro atoms. The van der Waals surface area contributed by atoms with Gasteiger partial charge in [0.05, 0.1) is 0 Å². The second-order valence-electron chi connectivity index (χ2n) is 6.77. The van der Waals surface area contributed by atoms with Crippen LogP contribution in [-0.4, -0.2) is 11.6 Å². The summed E-state index contributed by atoms with van der Waals surface area (Å²) in [6.45, 7) is 8.90. The molecular formula is C23H36O2. The largest absolute Gasteiger partial charge is 0.300 e. The van der Waals surface area contributed by atoms with Crippen molar-refractivity contribution in [3.63, 3.8) is 0 Å². The van der Waals surface area contributed by atoms with Gasteiger partial charge in [-0.3, -0.25) is 9.59 Å². The number of aryl methyl sites for hydroxylation is 2. The zero-order valence-electron chi connectivity index (χ0n) is 16.2. The lowest BCUT2D eigenvalue weighted by Crippen LogP contribution is -2.08. The molecule has 140 valence electrons. The lowest BCUT2D eigenvalue weighted by Gasteiger charge is -2.07. The molecule has 1 aliphatic carbocycles. The fraction of sp³-hybridized carbons (Fsp3) is 0.565. The van der Waals surface area contributed by atoms with E-state index in [2.05, 4.69) is 31.2 Å². The van der Waals surface area contributed by atoms with Crippen molar-refractivity contribution in [2.45, 2.75) is 79.1 Å². The summed E-state index contributed by atoms with van der Waals surface area (Å²) in [6, 6.07) is 8.39. The Morgan fingerprint density at radius 3 is 2.16 bits per heavy atom. The van der Waals surface area contributed by atoms with Crippen LogP contribution in [0.4, 0.5) is 0 Å². The lowest BCUT2D eigenvalue weighted by atomic mass is 9.97. The molecule has 2 radical (unpaired) electrons. The first kappa shape index (κ1) is 23.3. The minimum atomic E-state index is 0. The highest BCUT2D eigenvalue weighted by atomic mass is 16.1. The summed E-state index contributed by atoms with van der Waals surface area (Å²) in [4.78, 5) is 21.8. The van der Waals surface area contributed by atoms with Crippen molar-refractivity contribution in [1.29, 1.82) is 0 Å². The van der Waals surface area contributed by atoms with E-state index in [1.54, 1.807) is 6.92 Å². The van der Waals surface area contributed by atoms with Crippen LogP contribution in [0, 0.1) is 19.4 Å². The molecule has 2 nitrogen and oxygen atoms in total. The molecule has 2 heteroatoms. The minimum absolute atomic E-state index is 0. The Bertz CT molecular complexity index is 512. The SMILES string of the molecule is C.CC(=O)C1CCCCCC1.[CH]=CC(=O)CCCc1ccc(C)cc1.[H]. The highest BCUT2D eigenvalue weighted by Gasteiger charge is 2.15. The lowest BCUT2D eigenvalue weighted by molar-refractivity contribution is -0.121. The van der Waals surface area contributed by atoms with Crippen LogP contribution in [0.2, 0.25) is 0 Å². The van der Waals surface area contributed by atoms with Crippen LogP contribution >= 0.6 is 0 Å². The van der Waals surface area contributed by atoms with E-state index in [1.165, 1.54) is 36.8 Å². The van der Waals surface area contributed by atoms with Crippen molar-refractivity contribution in [3.05, 3.63) is 48.0 Å². The topological polar surface area (TPSA) is 34.1 Å². The molecule has 0 N–H and O–H groups in total. The predicted molar refractivity (Wildman–Crippen MR) is 108 cm³/mol. The molecule has 0 bridgehead atoms. The monoisotopic (exact) mass is 344 g/mol. The number of allylic oxidation sites excluding steroid dienone is 1. The van der Waals surface area contributed by atoms with E-state index < -0.39 is 0 Å². The number of hydrogen-bond acceptors (Lipinski definition) is 2. The summed E-state index contributed by atoms with van der Waals surface area (Å²) < 4.78 is 0. The van der Waals surface area contributed by atoms with Gasteiger partial charge in [0.1, 0.15) is 5.78 Å². The highest BCUT2D eigenvalue weighted by Crippen LogP contribution is 2.23. The van der Waals surface area contributed by atoms with Crippen LogP contribution < -0.4 is 0 Å². The fourth-order valence-electron chi connectivity index (χ4n) is 2.99. The van der Waals surface area contributed by atoms with Crippen molar-refractivity contribution < 1.29 is 11.0 Å². The minimum Gasteiger partial charge on any atom is -0.300 e. The fourth-order valence-corrected chi connectivity index (χ4v) is 2.99. The van der Waals surface area contributed by atoms with Gasteiger partial charge in [0.15, 0.2) is 5.78 Å². The molecule has 1 aliphatic rings. The molecule has 0 amide bonds. The molecule has 0 unspecified atom stereocenters. The number of Topliss-reactive ketones (excluding diaryl/α,β-unsaturated/α-hetero) is 1. The zero-order valence-corrected chi connectivity index (χ0v) is 15.2.